The minimum atomic E-state index is 0.858. The van der Waals surface area contributed by atoms with Crippen LogP contribution in [-0.4, -0.2) is 4.98 Å². The van der Waals surface area contributed by atoms with Crippen LogP contribution in [0.1, 0.15) is 0 Å². The van der Waals surface area contributed by atoms with Crippen LogP contribution >= 0.6 is 22.7 Å². The van der Waals surface area contributed by atoms with Crippen molar-refractivity contribution in [2.75, 3.05) is 4.90 Å². The SMILES string of the molecule is c1ccc(-c2nc3cc(N(c4ccc(-c5ccccc5)c(-c5ccccc5)c4)c4cccc5oc6ccccc6c45)c4sc5ccccc5c4c3s2)cc1. The molecule has 3 aromatic heterocycles. The smallest absolute Gasteiger partial charge is 0.137 e. The first-order chi connectivity index (χ1) is 26.8. The Kier molecular flexibility index (Phi) is 7.22. The third-order valence-corrected chi connectivity index (χ3v) is 12.6. The number of fused-ring (bicyclic) bond motifs is 8. The molecule has 0 radical (unpaired) electrons. The van der Waals surface area contributed by atoms with Crippen molar-refractivity contribution in [1.82, 2.24) is 4.98 Å². The van der Waals surface area contributed by atoms with Crippen molar-refractivity contribution in [2.24, 2.45) is 0 Å². The number of hydrogen-bond donors (Lipinski definition) is 0. The van der Waals surface area contributed by atoms with E-state index < -0.39 is 0 Å². The van der Waals surface area contributed by atoms with Crippen molar-refractivity contribution in [3.63, 3.8) is 0 Å². The van der Waals surface area contributed by atoms with Gasteiger partial charge in [0.1, 0.15) is 16.2 Å². The second-order valence-corrected chi connectivity index (χ2v) is 15.5. The molecule has 3 nitrogen and oxygen atoms in total. The molecule has 0 bridgehead atoms. The first-order valence-electron chi connectivity index (χ1n) is 18.0. The fourth-order valence-electron chi connectivity index (χ4n) is 7.87. The van der Waals surface area contributed by atoms with Crippen LogP contribution in [0.2, 0.25) is 0 Å². The highest BCUT2D eigenvalue weighted by Gasteiger charge is 2.26. The zero-order valence-corrected chi connectivity index (χ0v) is 30.6. The van der Waals surface area contributed by atoms with Crippen LogP contribution in [0.4, 0.5) is 17.1 Å². The Morgan fingerprint density at radius 1 is 0.444 bits per heavy atom. The van der Waals surface area contributed by atoms with E-state index in [4.69, 9.17) is 9.40 Å². The van der Waals surface area contributed by atoms with E-state index in [2.05, 4.69) is 181 Å². The lowest BCUT2D eigenvalue weighted by molar-refractivity contribution is 0.669. The minimum absolute atomic E-state index is 0.858. The average molecular weight is 727 g/mol. The van der Waals surface area contributed by atoms with Crippen molar-refractivity contribution < 1.29 is 4.42 Å². The van der Waals surface area contributed by atoms with Gasteiger partial charge in [-0.2, -0.15) is 0 Å². The molecule has 0 N–H and O–H groups in total. The second kappa shape index (κ2) is 12.6. The molecule has 0 amide bonds. The summed E-state index contributed by atoms with van der Waals surface area (Å²) in [5, 5.41) is 5.70. The van der Waals surface area contributed by atoms with Gasteiger partial charge in [-0.25, -0.2) is 4.98 Å². The third-order valence-electron chi connectivity index (χ3n) is 10.3. The first kappa shape index (κ1) is 31.0. The zero-order chi connectivity index (χ0) is 35.6. The monoisotopic (exact) mass is 726 g/mol. The Morgan fingerprint density at radius 3 is 1.87 bits per heavy atom. The standard InChI is InChI=1S/C49H30N2OS2/c1-4-15-31(16-5-1)35-28-27-34(29-38(35)32-17-6-2-7-18-32)51(40-23-14-25-43-45(40)36-21-10-12-24-42(36)52-43)41-30-39-47(54-49(50-39)33-19-8-3-9-20-33)46-37-22-11-13-26-44(37)53-48(41)46/h1-30H. The highest BCUT2D eigenvalue weighted by Crippen LogP contribution is 2.52. The van der Waals surface area contributed by atoms with Gasteiger partial charge in [0.15, 0.2) is 0 Å². The maximum Gasteiger partial charge on any atom is 0.137 e. The van der Waals surface area contributed by atoms with Gasteiger partial charge in [0.05, 0.1) is 31.7 Å². The molecule has 0 atom stereocenters. The number of anilines is 3. The Hall–Kier alpha value is -6.53. The summed E-state index contributed by atoms with van der Waals surface area (Å²) in [6, 6.07) is 64.7. The number of para-hydroxylation sites is 1. The van der Waals surface area contributed by atoms with Crippen molar-refractivity contribution in [1.29, 1.82) is 0 Å². The van der Waals surface area contributed by atoms with Gasteiger partial charge in [-0.3, -0.25) is 0 Å². The molecular weight excluding hydrogens is 697 g/mol. The molecule has 0 saturated carbocycles. The number of benzene rings is 8. The fourth-order valence-corrected chi connectivity index (χ4v) is 10.3. The molecular formula is C49H30N2OS2. The number of furan rings is 1. The van der Waals surface area contributed by atoms with E-state index in [0.29, 0.717) is 0 Å². The van der Waals surface area contributed by atoms with Crippen LogP contribution in [0.3, 0.4) is 0 Å². The number of rotatable bonds is 6. The average Bonchev–Trinajstić information content (AvgIpc) is 3.96. The van der Waals surface area contributed by atoms with Gasteiger partial charge >= 0.3 is 0 Å². The summed E-state index contributed by atoms with van der Waals surface area (Å²) in [6.45, 7) is 0. The summed E-state index contributed by atoms with van der Waals surface area (Å²) in [4.78, 5) is 7.80. The number of hydrogen-bond acceptors (Lipinski definition) is 5. The number of thiophene rings is 1. The number of nitrogens with zero attached hydrogens (tertiary/aromatic N) is 2. The molecule has 0 aliphatic rings. The van der Waals surface area contributed by atoms with E-state index in [1.54, 1.807) is 11.3 Å². The van der Waals surface area contributed by atoms with Crippen molar-refractivity contribution in [2.45, 2.75) is 0 Å². The van der Waals surface area contributed by atoms with E-state index in [-0.39, 0.29) is 0 Å². The molecule has 0 aliphatic carbocycles. The van der Waals surface area contributed by atoms with Crippen molar-refractivity contribution in [3.8, 4) is 32.8 Å². The Bertz CT molecular complexity index is 3160. The van der Waals surface area contributed by atoms with E-state index >= 15 is 0 Å². The lowest BCUT2D eigenvalue weighted by atomic mass is 9.93. The predicted molar refractivity (Wildman–Crippen MR) is 231 cm³/mol. The Labute approximate surface area is 319 Å². The molecule has 0 fully saturated rings. The number of aromatic nitrogens is 1. The fraction of sp³-hybridized carbons (Fsp3) is 0. The van der Waals surface area contributed by atoms with Gasteiger partial charge in [0.2, 0.25) is 0 Å². The lowest BCUT2D eigenvalue weighted by Crippen LogP contribution is -2.11. The summed E-state index contributed by atoms with van der Waals surface area (Å²) >= 11 is 3.63. The highest BCUT2D eigenvalue weighted by molar-refractivity contribution is 7.28. The van der Waals surface area contributed by atoms with Gasteiger partial charge in [0, 0.05) is 32.1 Å². The van der Waals surface area contributed by atoms with Gasteiger partial charge < -0.3 is 9.32 Å². The summed E-state index contributed by atoms with van der Waals surface area (Å²) in [5.41, 5.74) is 11.8. The molecule has 8 aromatic carbocycles. The van der Waals surface area contributed by atoms with Crippen molar-refractivity contribution >= 4 is 92.1 Å². The Morgan fingerprint density at radius 2 is 1.09 bits per heavy atom. The van der Waals surface area contributed by atoms with Gasteiger partial charge in [0.25, 0.3) is 0 Å². The van der Waals surface area contributed by atoms with Crippen LogP contribution in [-0.2, 0) is 0 Å². The number of thiazole rings is 1. The molecule has 0 aliphatic heterocycles. The van der Waals surface area contributed by atoms with Crippen LogP contribution in [0.5, 0.6) is 0 Å². The topological polar surface area (TPSA) is 29.3 Å². The molecule has 0 spiro atoms. The van der Waals surface area contributed by atoms with E-state index in [1.807, 2.05) is 17.4 Å². The summed E-state index contributed by atoms with van der Waals surface area (Å²) in [6.07, 6.45) is 0. The van der Waals surface area contributed by atoms with E-state index in [9.17, 15) is 0 Å². The molecule has 54 heavy (non-hydrogen) atoms. The first-order valence-corrected chi connectivity index (χ1v) is 19.7. The van der Waals surface area contributed by atoms with Crippen LogP contribution < -0.4 is 4.90 Å². The normalized spacial score (nSPS) is 11.7. The third kappa shape index (κ3) is 4.97. The maximum absolute atomic E-state index is 6.51. The van der Waals surface area contributed by atoms with E-state index in [1.165, 1.54) is 47.1 Å². The quantitative estimate of drug-likeness (QED) is 0.171. The van der Waals surface area contributed by atoms with Gasteiger partial charge in [-0.1, -0.05) is 140 Å². The van der Waals surface area contributed by atoms with Crippen molar-refractivity contribution in [3.05, 3.63) is 182 Å². The summed E-state index contributed by atoms with van der Waals surface area (Å²) in [5.74, 6) is 0. The zero-order valence-electron chi connectivity index (χ0n) is 28.9. The van der Waals surface area contributed by atoms with Gasteiger partial charge in [-0.15, -0.1) is 22.7 Å². The lowest BCUT2D eigenvalue weighted by Gasteiger charge is -2.28. The molecule has 3 heterocycles. The highest BCUT2D eigenvalue weighted by atomic mass is 32.1. The molecule has 11 rings (SSSR count). The molecule has 254 valence electrons. The van der Waals surface area contributed by atoms with Gasteiger partial charge in [-0.05, 0) is 64.7 Å². The molecule has 0 unspecified atom stereocenters. The molecule has 5 heteroatoms. The largest absolute Gasteiger partial charge is 0.456 e. The van der Waals surface area contributed by atoms with Crippen LogP contribution in [0.15, 0.2) is 186 Å². The maximum atomic E-state index is 6.51. The van der Waals surface area contributed by atoms with Crippen LogP contribution in [0.25, 0.3) is 85.2 Å². The Balaban J connectivity index is 1.26. The summed E-state index contributed by atoms with van der Waals surface area (Å²) in [7, 11) is 0. The minimum Gasteiger partial charge on any atom is -0.456 e. The molecule has 11 aromatic rings. The summed E-state index contributed by atoms with van der Waals surface area (Å²) < 4.78 is 10.2. The van der Waals surface area contributed by atoms with Crippen LogP contribution in [0, 0.1) is 0 Å². The molecule has 0 saturated heterocycles. The predicted octanol–water partition coefficient (Wildman–Crippen LogP) is 15.0. The second-order valence-electron chi connectivity index (χ2n) is 13.5. The van der Waals surface area contributed by atoms with E-state index in [0.717, 1.165) is 55.1 Å².